The largest absolute Gasteiger partial charge is 0.481 e. The summed E-state index contributed by atoms with van der Waals surface area (Å²) < 4.78 is 0. The summed E-state index contributed by atoms with van der Waals surface area (Å²) in [6.45, 7) is 4.86. The van der Waals surface area contributed by atoms with Gasteiger partial charge in [0.25, 0.3) is 0 Å². The van der Waals surface area contributed by atoms with Crippen LogP contribution in [0.1, 0.15) is 18.9 Å². The Balaban J connectivity index is 2.57. The molecule has 2 N–H and O–H groups in total. The lowest BCUT2D eigenvalue weighted by molar-refractivity contribution is -0.137. The summed E-state index contributed by atoms with van der Waals surface area (Å²) in [5.74, 6) is -1.04. The van der Waals surface area contributed by atoms with Crippen molar-refractivity contribution in [3.8, 4) is 0 Å². The molecule has 6 heteroatoms. The Morgan fingerprint density at radius 1 is 1.40 bits per heavy atom. The first kappa shape index (κ1) is 16.5. The van der Waals surface area contributed by atoms with Crippen molar-refractivity contribution in [3.05, 3.63) is 28.8 Å². The second-order valence-corrected chi connectivity index (χ2v) is 4.88. The van der Waals surface area contributed by atoms with E-state index in [-0.39, 0.29) is 18.9 Å². The second-order valence-electron chi connectivity index (χ2n) is 4.47. The molecule has 0 bridgehead atoms. The number of carboxylic acid groups (broad SMARTS) is 1. The topological polar surface area (TPSA) is 69.6 Å². The van der Waals surface area contributed by atoms with Gasteiger partial charge in [0.15, 0.2) is 0 Å². The summed E-state index contributed by atoms with van der Waals surface area (Å²) in [7, 11) is 0. The predicted molar refractivity (Wildman–Crippen MR) is 79.2 cm³/mol. The summed E-state index contributed by atoms with van der Waals surface area (Å²) in [6, 6.07) is 5.32. The van der Waals surface area contributed by atoms with Gasteiger partial charge in [0.2, 0.25) is 5.91 Å². The Morgan fingerprint density at radius 2 is 2.10 bits per heavy atom. The highest BCUT2D eigenvalue weighted by molar-refractivity contribution is 6.31. The molecule has 1 amide bonds. The first-order valence-corrected chi connectivity index (χ1v) is 6.81. The van der Waals surface area contributed by atoms with Crippen LogP contribution in [0.2, 0.25) is 5.02 Å². The number of hydrogen-bond donors (Lipinski definition) is 2. The fourth-order valence-corrected chi connectivity index (χ4v) is 1.91. The van der Waals surface area contributed by atoms with Gasteiger partial charge in [0, 0.05) is 17.3 Å². The van der Waals surface area contributed by atoms with Crippen molar-refractivity contribution in [3.63, 3.8) is 0 Å². The number of halogens is 1. The normalized spacial score (nSPS) is 10.6. The van der Waals surface area contributed by atoms with Crippen LogP contribution in [-0.2, 0) is 9.59 Å². The zero-order chi connectivity index (χ0) is 15.1. The molecule has 0 aliphatic carbocycles. The Morgan fingerprint density at radius 3 is 2.70 bits per heavy atom. The molecule has 20 heavy (non-hydrogen) atoms. The van der Waals surface area contributed by atoms with Crippen LogP contribution in [-0.4, -0.2) is 41.5 Å². The molecule has 1 aromatic rings. The standard InChI is InChI=1S/C14H19ClN2O3/c1-3-17(8-7-14(19)20)9-13(18)16-12-6-4-5-11(15)10(12)2/h4-6H,3,7-9H2,1-2H3,(H,16,18)(H,19,20). The Kier molecular flexibility index (Phi) is 6.48. The van der Waals surface area contributed by atoms with Crippen molar-refractivity contribution < 1.29 is 14.7 Å². The highest BCUT2D eigenvalue weighted by Gasteiger charge is 2.12. The van der Waals surface area contributed by atoms with E-state index in [0.717, 1.165) is 5.56 Å². The Bertz CT molecular complexity index is 491. The lowest BCUT2D eigenvalue weighted by Gasteiger charge is -2.19. The van der Waals surface area contributed by atoms with E-state index in [1.54, 1.807) is 23.1 Å². The molecule has 0 fully saturated rings. The van der Waals surface area contributed by atoms with E-state index >= 15 is 0 Å². The van der Waals surface area contributed by atoms with Crippen molar-refractivity contribution in [2.45, 2.75) is 20.3 Å². The van der Waals surface area contributed by atoms with Gasteiger partial charge in [-0.2, -0.15) is 0 Å². The van der Waals surface area contributed by atoms with Crippen molar-refractivity contribution in [2.75, 3.05) is 25.0 Å². The fourth-order valence-electron chi connectivity index (χ4n) is 1.74. The lowest BCUT2D eigenvalue weighted by atomic mass is 10.2. The Labute approximate surface area is 123 Å². The van der Waals surface area contributed by atoms with Crippen LogP contribution in [0, 0.1) is 6.92 Å². The highest BCUT2D eigenvalue weighted by atomic mass is 35.5. The third kappa shape index (κ3) is 5.19. The van der Waals surface area contributed by atoms with Crippen molar-refractivity contribution in [1.29, 1.82) is 0 Å². The van der Waals surface area contributed by atoms with Gasteiger partial charge in [-0.3, -0.25) is 14.5 Å². The van der Waals surface area contributed by atoms with Gasteiger partial charge in [-0.15, -0.1) is 0 Å². The number of carbonyl (C=O) groups excluding carboxylic acids is 1. The molecule has 0 aliphatic heterocycles. The smallest absolute Gasteiger partial charge is 0.304 e. The number of anilines is 1. The molecular weight excluding hydrogens is 280 g/mol. The third-order valence-electron chi connectivity index (χ3n) is 3.00. The number of nitrogens with zero attached hydrogens (tertiary/aromatic N) is 1. The minimum atomic E-state index is -0.866. The first-order valence-electron chi connectivity index (χ1n) is 6.43. The molecule has 1 rings (SSSR count). The van der Waals surface area contributed by atoms with E-state index < -0.39 is 5.97 Å². The van der Waals surface area contributed by atoms with Gasteiger partial charge in [-0.1, -0.05) is 24.6 Å². The van der Waals surface area contributed by atoms with E-state index in [9.17, 15) is 9.59 Å². The zero-order valence-corrected chi connectivity index (χ0v) is 12.4. The number of amides is 1. The number of benzene rings is 1. The molecule has 0 aliphatic rings. The van der Waals surface area contributed by atoms with E-state index in [4.69, 9.17) is 16.7 Å². The molecule has 0 unspecified atom stereocenters. The predicted octanol–water partition coefficient (Wildman–Crippen LogP) is 2.38. The van der Waals surface area contributed by atoms with Crippen molar-refractivity contribution in [2.24, 2.45) is 0 Å². The number of hydrogen-bond acceptors (Lipinski definition) is 3. The summed E-state index contributed by atoms with van der Waals surface area (Å²) in [4.78, 5) is 24.3. The van der Waals surface area contributed by atoms with Crippen LogP contribution in [0.4, 0.5) is 5.69 Å². The van der Waals surface area contributed by atoms with E-state index in [2.05, 4.69) is 5.32 Å². The third-order valence-corrected chi connectivity index (χ3v) is 3.41. The summed E-state index contributed by atoms with van der Waals surface area (Å²) in [6.07, 6.45) is 0.0251. The molecule has 0 aromatic heterocycles. The van der Waals surface area contributed by atoms with Crippen LogP contribution in [0.25, 0.3) is 0 Å². The maximum Gasteiger partial charge on any atom is 0.304 e. The first-order chi connectivity index (χ1) is 9.43. The van der Waals surface area contributed by atoms with E-state index in [0.29, 0.717) is 23.8 Å². The fraction of sp³-hybridized carbons (Fsp3) is 0.429. The summed E-state index contributed by atoms with van der Waals surface area (Å²) in [5, 5.41) is 12.0. The maximum atomic E-state index is 11.9. The van der Waals surface area contributed by atoms with E-state index in [1.165, 1.54) is 0 Å². The van der Waals surface area contributed by atoms with Gasteiger partial charge in [0.1, 0.15) is 0 Å². The molecular formula is C14H19ClN2O3. The highest BCUT2D eigenvalue weighted by Crippen LogP contribution is 2.22. The van der Waals surface area contributed by atoms with E-state index in [1.807, 2.05) is 13.8 Å². The van der Waals surface area contributed by atoms with Gasteiger partial charge in [-0.05, 0) is 31.2 Å². The quantitative estimate of drug-likeness (QED) is 0.811. The molecule has 0 radical (unpaired) electrons. The van der Waals surface area contributed by atoms with Gasteiger partial charge < -0.3 is 10.4 Å². The lowest BCUT2D eigenvalue weighted by Crippen LogP contribution is -2.34. The number of nitrogens with one attached hydrogen (secondary N) is 1. The molecule has 0 saturated heterocycles. The zero-order valence-electron chi connectivity index (χ0n) is 11.6. The number of aliphatic carboxylic acids is 1. The average Bonchev–Trinajstić information content (AvgIpc) is 2.39. The molecule has 0 atom stereocenters. The van der Waals surface area contributed by atoms with Crippen LogP contribution in [0.5, 0.6) is 0 Å². The SMILES string of the molecule is CCN(CCC(=O)O)CC(=O)Nc1cccc(Cl)c1C. The number of likely N-dealkylation sites (N-methyl/N-ethyl adjacent to an activating group) is 1. The molecule has 0 heterocycles. The summed E-state index contributed by atoms with van der Waals surface area (Å²) in [5.41, 5.74) is 1.49. The monoisotopic (exact) mass is 298 g/mol. The van der Waals surface area contributed by atoms with Crippen molar-refractivity contribution >= 4 is 29.2 Å². The number of rotatable bonds is 7. The summed E-state index contributed by atoms with van der Waals surface area (Å²) >= 11 is 5.99. The minimum absolute atomic E-state index is 0.0251. The molecule has 0 saturated carbocycles. The second kappa shape index (κ2) is 7.87. The molecule has 110 valence electrons. The molecule has 5 nitrogen and oxygen atoms in total. The van der Waals surface area contributed by atoms with Crippen LogP contribution >= 0.6 is 11.6 Å². The average molecular weight is 299 g/mol. The van der Waals surface area contributed by atoms with Crippen LogP contribution in [0.15, 0.2) is 18.2 Å². The minimum Gasteiger partial charge on any atom is -0.481 e. The van der Waals surface area contributed by atoms with Gasteiger partial charge >= 0.3 is 5.97 Å². The number of carbonyl (C=O) groups is 2. The molecule has 0 spiro atoms. The molecule has 1 aromatic carbocycles. The maximum absolute atomic E-state index is 11.9. The van der Waals surface area contributed by atoms with Gasteiger partial charge in [0.05, 0.1) is 13.0 Å². The Hall–Kier alpha value is -1.59. The van der Waals surface area contributed by atoms with Crippen LogP contribution in [0.3, 0.4) is 0 Å². The van der Waals surface area contributed by atoms with Gasteiger partial charge in [-0.25, -0.2) is 0 Å². The van der Waals surface area contributed by atoms with Crippen molar-refractivity contribution in [1.82, 2.24) is 4.90 Å². The number of carboxylic acids is 1. The van der Waals surface area contributed by atoms with Crippen LogP contribution < -0.4 is 5.32 Å².